The third-order valence-electron chi connectivity index (χ3n) is 8.71. The number of nitrogens with zero attached hydrogens (tertiary/aromatic N) is 1. The Hall–Kier alpha value is -6.82. The van der Waals surface area contributed by atoms with E-state index in [0.29, 0.717) is 27.2 Å². The number of carboxylic acids is 1. The minimum atomic E-state index is -1.41. The fourth-order valence-electron chi connectivity index (χ4n) is 6.30. The van der Waals surface area contributed by atoms with Crippen LogP contribution in [0.4, 0.5) is 5.69 Å². The first-order valence-electron chi connectivity index (χ1n) is 15.3. The smallest absolute Gasteiger partial charge is 0.336 e. The minimum absolute atomic E-state index is 0.00455. The Morgan fingerprint density at radius 3 is 1.50 bits per heavy atom. The molecule has 0 spiro atoms. The molecule has 248 valence electrons. The molecule has 4 N–H and O–H groups in total. The van der Waals surface area contributed by atoms with E-state index in [0.717, 1.165) is 16.3 Å². The molecule has 50 heavy (non-hydrogen) atoms. The number of anilines is 1. The van der Waals surface area contributed by atoms with Crippen molar-refractivity contribution in [3.8, 4) is 0 Å². The van der Waals surface area contributed by atoms with Crippen LogP contribution >= 0.6 is 0 Å². The molecular formula is C38H28N4O8. The molecule has 0 heterocycles. The van der Waals surface area contributed by atoms with Gasteiger partial charge in [0.05, 0.1) is 27.8 Å². The zero-order valence-corrected chi connectivity index (χ0v) is 27.2. The highest BCUT2D eigenvalue weighted by atomic mass is 16.4. The first-order valence-corrected chi connectivity index (χ1v) is 15.3. The van der Waals surface area contributed by atoms with Crippen LogP contribution in [0.25, 0.3) is 43.1 Å². The van der Waals surface area contributed by atoms with Crippen LogP contribution in [-0.2, 0) is 0 Å². The molecule has 4 amide bonds. The van der Waals surface area contributed by atoms with Gasteiger partial charge in [-0.3, -0.25) is 24.0 Å². The van der Waals surface area contributed by atoms with Gasteiger partial charge in [0.2, 0.25) is 0 Å². The number of ketones is 1. The first-order chi connectivity index (χ1) is 23.9. The lowest BCUT2D eigenvalue weighted by atomic mass is 9.86. The maximum absolute atomic E-state index is 13.9. The molecule has 0 aliphatic heterocycles. The second kappa shape index (κ2) is 12.7. The van der Waals surface area contributed by atoms with Crippen molar-refractivity contribution in [2.75, 3.05) is 19.4 Å². The average Bonchev–Trinajstić information content (AvgIpc) is 3.12. The number of hydrogen-bond acceptors (Lipinski definition) is 7. The lowest BCUT2D eigenvalue weighted by molar-refractivity contribution is 0.0692. The summed E-state index contributed by atoms with van der Waals surface area (Å²) in [5, 5.41) is 24.1. The molecule has 0 saturated carbocycles. The van der Waals surface area contributed by atoms with Gasteiger partial charge in [0, 0.05) is 30.5 Å². The number of Topliss-reactive ketones (excluding diaryl/α,β-unsaturated/α-hetero) is 1. The van der Waals surface area contributed by atoms with E-state index < -0.39 is 35.4 Å². The summed E-state index contributed by atoms with van der Waals surface area (Å²) in [5.41, 5.74) is 0.448. The predicted molar refractivity (Wildman–Crippen MR) is 189 cm³/mol. The van der Waals surface area contributed by atoms with E-state index in [1.165, 1.54) is 57.4 Å². The van der Waals surface area contributed by atoms with E-state index in [-0.39, 0.29) is 44.2 Å². The van der Waals surface area contributed by atoms with E-state index in [9.17, 15) is 38.8 Å². The van der Waals surface area contributed by atoms with Gasteiger partial charge in [-0.25, -0.2) is 4.79 Å². The summed E-state index contributed by atoms with van der Waals surface area (Å²) in [4.78, 5) is 89.4. The molecule has 6 aromatic rings. The van der Waals surface area contributed by atoms with E-state index >= 15 is 0 Å². The molecule has 6 aromatic carbocycles. The molecule has 0 fully saturated rings. The van der Waals surface area contributed by atoms with Gasteiger partial charge in [0.15, 0.2) is 5.78 Å². The Morgan fingerprint density at radius 2 is 1.00 bits per heavy atom. The normalized spacial score (nSPS) is 11.0. The highest BCUT2D eigenvalue weighted by Crippen LogP contribution is 2.40. The van der Waals surface area contributed by atoms with Gasteiger partial charge >= 0.3 is 11.9 Å². The number of benzene rings is 6. The molecule has 0 atom stereocenters. The second-order valence-electron chi connectivity index (χ2n) is 11.8. The van der Waals surface area contributed by atoms with Gasteiger partial charge in [-0.05, 0) is 105 Å². The molecule has 12 nitrogen and oxygen atoms in total. The van der Waals surface area contributed by atoms with Gasteiger partial charge in [-0.1, -0.05) is 29.8 Å². The van der Waals surface area contributed by atoms with Crippen molar-refractivity contribution in [1.29, 1.82) is 0 Å². The second-order valence-corrected chi connectivity index (χ2v) is 11.8. The summed E-state index contributed by atoms with van der Waals surface area (Å²) in [5.74, 6) is -5.10. The number of aryl methyl sites for hydroxylation is 1. The van der Waals surface area contributed by atoms with Crippen molar-refractivity contribution in [2.24, 2.45) is 5.18 Å². The Labute approximate surface area is 283 Å². The first kappa shape index (κ1) is 33.1. The van der Waals surface area contributed by atoms with Crippen molar-refractivity contribution in [1.82, 2.24) is 10.6 Å². The van der Waals surface area contributed by atoms with Crippen LogP contribution in [0.15, 0.2) is 78.0 Å². The van der Waals surface area contributed by atoms with E-state index in [1.54, 1.807) is 12.1 Å². The predicted octanol–water partition coefficient (Wildman–Crippen LogP) is 6.39. The third-order valence-corrected chi connectivity index (χ3v) is 8.71. The molecule has 0 saturated heterocycles. The summed E-state index contributed by atoms with van der Waals surface area (Å²) in [6.45, 7) is 3.24. The number of fused-ring (bicyclic) bond motifs is 7. The number of nitrogens with one attached hydrogen (secondary N) is 3. The van der Waals surface area contributed by atoms with E-state index in [4.69, 9.17) is 0 Å². The van der Waals surface area contributed by atoms with Crippen LogP contribution in [0.1, 0.15) is 74.6 Å². The topological polar surface area (TPSA) is 188 Å². The van der Waals surface area contributed by atoms with Crippen LogP contribution in [0.2, 0.25) is 0 Å². The van der Waals surface area contributed by atoms with Crippen molar-refractivity contribution in [3.63, 3.8) is 0 Å². The Bertz CT molecular complexity index is 2560. The van der Waals surface area contributed by atoms with Crippen LogP contribution in [-0.4, -0.2) is 54.6 Å². The number of nitroso groups, excluding NO2 is 1. The number of aromatic carboxylic acids is 1. The van der Waals surface area contributed by atoms with Gasteiger partial charge in [0.1, 0.15) is 0 Å². The highest BCUT2D eigenvalue weighted by molar-refractivity contribution is 6.31. The van der Waals surface area contributed by atoms with Crippen LogP contribution in [0.5, 0.6) is 0 Å². The van der Waals surface area contributed by atoms with Crippen molar-refractivity contribution in [2.45, 2.75) is 13.8 Å². The highest BCUT2D eigenvalue weighted by Gasteiger charge is 2.26. The zero-order chi connectivity index (χ0) is 36.0. The Balaban J connectivity index is 1.72. The molecule has 0 aliphatic rings. The SMILES string of the molecule is CNC(=O)c1cc2c(cc1C(C)=O)c1cc(C(=O)O)c(C(=O)Nc3ccc4cc(C)ccc4c3)cc1c1cc(C(=O)NC)c(C(=O)N=O)cc21. The van der Waals surface area contributed by atoms with Crippen LogP contribution in [0, 0.1) is 11.8 Å². The Morgan fingerprint density at radius 1 is 0.560 bits per heavy atom. The van der Waals surface area contributed by atoms with Gasteiger partial charge in [-0.2, -0.15) is 0 Å². The fourth-order valence-corrected chi connectivity index (χ4v) is 6.30. The summed E-state index contributed by atoms with van der Waals surface area (Å²) >= 11 is 0. The lowest BCUT2D eigenvalue weighted by Gasteiger charge is -2.18. The third kappa shape index (κ3) is 5.58. The molecule has 12 heteroatoms. The molecule has 0 radical (unpaired) electrons. The quantitative estimate of drug-likeness (QED) is 0.0856. The maximum Gasteiger partial charge on any atom is 0.336 e. The summed E-state index contributed by atoms with van der Waals surface area (Å²) in [6.07, 6.45) is 0. The molecule has 0 unspecified atom stereocenters. The van der Waals surface area contributed by atoms with Gasteiger partial charge < -0.3 is 21.1 Å². The molecule has 0 bridgehead atoms. The van der Waals surface area contributed by atoms with Crippen molar-refractivity contribution >= 4 is 84.2 Å². The van der Waals surface area contributed by atoms with Gasteiger partial charge in [-0.15, -0.1) is 4.91 Å². The lowest BCUT2D eigenvalue weighted by Crippen LogP contribution is -2.21. The zero-order valence-electron chi connectivity index (χ0n) is 27.2. The van der Waals surface area contributed by atoms with Crippen LogP contribution in [0.3, 0.4) is 0 Å². The number of carboxylic acid groups (broad SMARTS) is 1. The maximum atomic E-state index is 13.9. The van der Waals surface area contributed by atoms with E-state index in [1.807, 2.05) is 31.2 Å². The summed E-state index contributed by atoms with van der Waals surface area (Å²) in [6, 6.07) is 19.3. The largest absolute Gasteiger partial charge is 0.478 e. The molecule has 6 rings (SSSR count). The van der Waals surface area contributed by atoms with Gasteiger partial charge in [0.25, 0.3) is 17.7 Å². The number of rotatable bonds is 7. The molecule has 0 aromatic heterocycles. The average molecular weight is 669 g/mol. The summed E-state index contributed by atoms with van der Waals surface area (Å²) < 4.78 is 0. The van der Waals surface area contributed by atoms with Crippen molar-refractivity contribution in [3.05, 3.63) is 117 Å². The molecule has 0 aliphatic carbocycles. The Kier molecular flexibility index (Phi) is 8.38. The van der Waals surface area contributed by atoms with Crippen LogP contribution < -0.4 is 16.0 Å². The summed E-state index contributed by atoms with van der Waals surface area (Å²) in [7, 11) is 2.73. The standard InChI is InChI=1S/C38H28N4O8/c1-17-5-6-20-10-21(8-7-19(20)9-17)41-36(46)32-15-27-25-13-30(35(45)40-4)31(37(47)42-50)14-26(25)24-12-29(34(44)39-3)22(18(2)43)11-23(24)28(27)16-33(32)38(48)49/h5-16H,1-4H3,(H,39,44)(H,40,45)(H,41,46)(H,48,49). The molecular weight excluding hydrogens is 640 g/mol. The fraction of sp³-hybridized carbons (Fsp3) is 0.105. The van der Waals surface area contributed by atoms with Crippen molar-refractivity contribution < 1.29 is 33.9 Å². The number of hydrogen-bond donors (Lipinski definition) is 4. The minimum Gasteiger partial charge on any atom is -0.478 e. The number of carbonyl (C=O) groups excluding carboxylic acids is 5. The monoisotopic (exact) mass is 668 g/mol. The van der Waals surface area contributed by atoms with E-state index in [2.05, 4.69) is 21.1 Å². The number of amides is 4. The number of carbonyl (C=O) groups is 6.